The van der Waals surface area contributed by atoms with Crippen LogP contribution in [-0.4, -0.2) is 18.7 Å². The van der Waals surface area contributed by atoms with Gasteiger partial charge < -0.3 is 16.2 Å². The predicted octanol–water partition coefficient (Wildman–Crippen LogP) is 1.21. The minimum atomic E-state index is -0.876. The van der Waals surface area contributed by atoms with Gasteiger partial charge in [0.1, 0.15) is 12.4 Å². The second kappa shape index (κ2) is 7.03. The maximum Gasteiger partial charge on any atom is 0.404 e. The third-order valence-corrected chi connectivity index (χ3v) is 1.88. The van der Waals surface area contributed by atoms with Crippen molar-refractivity contribution in [2.24, 2.45) is 11.5 Å². The molecule has 0 aromatic heterocycles. The summed E-state index contributed by atoms with van der Waals surface area (Å²) in [4.78, 5) is 10.3. The number of carbonyl (C=O) groups is 1. The highest BCUT2D eigenvalue weighted by molar-refractivity contribution is 5.85. The number of hydrogen-bond acceptors (Lipinski definition) is 3. The molecule has 16 heavy (non-hydrogen) atoms. The minimum absolute atomic E-state index is 0. The van der Waals surface area contributed by atoms with Gasteiger partial charge in [-0.3, -0.25) is 0 Å². The molecule has 0 saturated carbocycles. The second-order valence-electron chi connectivity index (χ2n) is 3.19. The monoisotopic (exact) mass is 248 g/mol. The van der Waals surface area contributed by atoms with Crippen LogP contribution in [0.15, 0.2) is 24.3 Å². The molecule has 90 valence electrons. The average molecular weight is 249 g/mol. The number of hydrogen-bond donors (Lipinski definition) is 2. The largest absolute Gasteiger partial charge is 0.448 e. The molecule has 0 heterocycles. The predicted molar refractivity (Wildman–Crippen MR) is 60.9 cm³/mol. The summed E-state index contributed by atoms with van der Waals surface area (Å²) in [6.07, 6.45) is -0.570. The second-order valence-corrected chi connectivity index (χ2v) is 3.19. The van der Waals surface area contributed by atoms with E-state index in [0.717, 1.165) is 0 Å². The van der Waals surface area contributed by atoms with E-state index >= 15 is 0 Å². The van der Waals surface area contributed by atoms with Gasteiger partial charge in [-0.05, 0) is 18.1 Å². The van der Waals surface area contributed by atoms with Crippen molar-refractivity contribution >= 4 is 18.5 Å². The number of rotatable bonds is 4. The molecule has 0 aliphatic carbocycles. The SMILES string of the molecule is Cl.NC(=O)OC[C@@H](N)Cc1ccccc1F. The number of amides is 1. The average Bonchev–Trinajstić information content (AvgIpc) is 2.18. The fourth-order valence-corrected chi connectivity index (χ4v) is 1.19. The van der Waals surface area contributed by atoms with E-state index in [4.69, 9.17) is 11.5 Å². The van der Waals surface area contributed by atoms with Gasteiger partial charge in [0, 0.05) is 6.04 Å². The van der Waals surface area contributed by atoms with Crippen LogP contribution < -0.4 is 11.5 Å². The highest BCUT2D eigenvalue weighted by atomic mass is 35.5. The summed E-state index contributed by atoms with van der Waals surface area (Å²) in [5.74, 6) is -0.313. The molecule has 1 amide bonds. The lowest BCUT2D eigenvalue weighted by Gasteiger charge is -2.11. The molecule has 0 bridgehead atoms. The van der Waals surface area contributed by atoms with Crippen LogP contribution in [0, 0.1) is 5.82 Å². The smallest absolute Gasteiger partial charge is 0.404 e. The molecule has 0 aliphatic rings. The van der Waals surface area contributed by atoms with E-state index in [1.807, 2.05) is 0 Å². The number of halogens is 2. The molecule has 0 saturated heterocycles. The van der Waals surface area contributed by atoms with Gasteiger partial charge >= 0.3 is 6.09 Å². The van der Waals surface area contributed by atoms with Crippen molar-refractivity contribution in [2.75, 3.05) is 6.61 Å². The fourth-order valence-electron chi connectivity index (χ4n) is 1.19. The maximum atomic E-state index is 13.2. The molecule has 1 aromatic rings. The lowest BCUT2D eigenvalue weighted by atomic mass is 10.1. The van der Waals surface area contributed by atoms with E-state index in [2.05, 4.69) is 4.74 Å². The van der Waals surface area contributed by atoms with Crippen LogP contribution in [0.3, 0.4) is 0 Å². The third kappa shape index (κ3) is 4.95. The van der Waals surface area contributed by atoms with Gasteiger partial charge in [0.25, 0.3) is 0 Å². The summed E-state index contributed by atoms with van der Waals surface area (Å²) in [5, 5.41) is 0. The first-order valence-electron chi connectivity index (χ1n) is 4.51. The van der Waals surface area contributed by atoms with Crippen LogP contribution in [0.5, 0.6) is 0 Å². The summed E-state index contributed by atoms with van der Waals surface area (Å²) in [5.41, 5.74) is 10.9. The summed E-state index contributed by atoms with van der Waals surface area (Å²) >= 11 is 0. The topological polar surface area (TPSA) is 78.3 Å². The molecule has 4 nitrogen and oxygen atoms in total. The number of primary amides is 1. The van der Waals surface area contributed by atoms with Crippen LogP contribution in [-0.2, 0) is 11.2 Å². The zero-order chi connectivity index (χ0) is 11.3. The molecule has 6 heteroatoms. The van der Waals surface area contributed by atoms with E-state index < -0.39 is 12.1 Å². The van der Waals surface area contributed by atoms with Crippen LogP contribution in [0.2, 0.25) is 0 Å². The van der Waals surface area contributed by atoms with Crippen molar-refractivity contribution in [1.29, 1.82) is 0 Å². The molecule has 1 rings (SSSR count). The standard InChI is InChI=1S/C10H13FN2O2.ClH/c11-9-4-2-1-3-7(9)5-8(12)6-15-10(13)14;/h1-4,8H,5-6,12H2,(H2,13,14);1H/t8-;/m0./s1. The Balaban J connectivity index is 0.00000225. The van der Waals surface area contributed by atoms with Crippen molar-refractivity contribution in [3.63, 3.8) is 0 Å². The summed E-state index contributed by atoms with van der Waals surface area (Å²) in [6.45, 7) is -0.0103. The van der Waals surface area contributed by atoms with Crippen molar-refractivity contribution in [2.45, 2.75) is 12.5 Å². The molecule has 0 spiro atoms. The van der Waals surface area contributed by atoms with E-state index in [-0.39, 0.29) is 24.8 Å². The van der Waals surface area contributed by atoms with Crippen molar-refractivity contribution in [3.8, 4) is 0 Å². The highest BCUT2D eigenvalue weighted by Crippen LogP contribution is 2.08. The van der Waals surface area contributed by atoms with E-state index in [9.17, 15) is 9.18 Å². The van der Waals surface area contributed by atoms with Gasteiger partial charge in [-0.1, -0.05) is 18.2 Å². The van der Waals surface area contributed by atoms with E-state index in [1.54, 1.807) is 18.2 Å². The van der Waals surface area contributed by atoms with Gasteiger partial charge in [0.05, 0.1) is 0 Å². The Morgan fingerprint density at radius 2 is 2.06 bits per heavy atom. The number of ether oxygens (including phenoxy) is 1. The summed E-state index contributed by atoms with van der Waals surface area (Å²) in [7, 11) is 0. The first kappa shape index (κ1) is 14.7. The Morgan fingerprint density at radius 3 is 2.62 bits per heavy atom. The van der Waals surface area contributed by atoms with E-state index in [1.165, 1.54) is 6.07 Å². The Bertz CT molecular complexity index is 349. The molecule has 4 N–H and O–H groups in total. The molecule has 0 fully saturated rings. The molecular weight excluding hydrogens is 235 g/mol. The fraction of sp³-hybridized carbons (Fsp3) is 0.300. The normalized spacial score (nSPS) is 11.4. The van der Waals surface area contributed by atoms with Crippen LogP contribution in [0.4, 0.5) is 9.18 Å². The number of carbonyl (C=O) groups excluding carboxylic acids is 1. The first-order valence-corrected chi connectivity index (χ1v) is 4.51. The zero-order valence-electron chi connectivity index (χ0n) is 8.56. The van der Waals surface area contributed by atoms with Crippen LogP contribution >= 0.6 is 12.4 Å². The Morgan fingerprint density at radius 1 is 1.44 bits per heavy atom. The quantitative estimate of drug-likeness (QED) is 0.841. The van der Waals surface area contributed by atoms with Crippen molar-refractivity contribution in [1.82, 2.24) is 0 Å². The van der Waals surface area contributed by atoms with Crippen LogP contribution in [0.1, 0.15) is 5.56 Å². The summed E-state index contributed by atoms with van der Waals surface area (Å²) in [6, 6.07) is 5.87. The van der Waals surface area contributed by atoms with Crippen LogP contribution in [0.25, 0.3) is 0 Å². The first-order chi connectivity index (χ1) is 7.09. The van der Waals surface area contributed by atoms with Gasteiger partial charge in [0.15, 0.2) is 0 Å². The lowest BCUT2D eigenvalue weighted by molar-refractivity contribution is 0.149. The third-order valence-electron chi connectivity index (χ3n) is 1.88. The zero-order valence-corrected chi connectivity index (χ0v) is 9.37. The number of nitrogens with two attached hydrogens (primary N) is 2. The lowest BCUT2D eigenvalue weighted by Crippen LogP contribution is -2.31. The Kier molecular flexibility index (Phi) is 6.44. The van der Waals surface area contributed by atoms with Crippen molar-refractivity contribution < 1.29 is 13.9 Å². The van der Waals surface area contributed by atoms with Gasteiger partial charge in [-0.2, -0.15) is 0 Å². The molecule has 0 radical (unpaired) electrons. The van der Waals surface area contributed by atoms with E-state index in [0.29, 0.717) is 12.0 Å². The van der Waals surface area contributed by atoms with Crippen molar-refractivity contribution in [3.05, 3.63) is 35.6 Å². The van der Waals surface area contributed by atoms with Gasteiger partial charge in [0.2, 0.25) is 0 Å². The minimum Gasteiger partial charge on any atom is -0.448 e. The molecule has 0 aliphatic heterocycles. The Hall–Kier alpha value is -1.33. The highest BCUT2D eigenvalue weighted by Gasteiger charge is 2.09. The molecule has 1 aromatic carbocycles. The molecular formula is C10H14ClFN2O2. The Labute approximate surface area is 99.2 Å². The molecule has 0 unspecified atom stereocenters. The van der Waals surface area contributed by atoms with Gasteiger partial charge in [-0.25, -0.2) is 9.18 Å². The number of benzene rings is 1. The summed E-state index contributed by atoms with van der Waals surface area (Å²) < 4.78 is 17.7. The van der Waals surface area contributed by atoms with Gasteiger partial charge in [-0.15, -0.1) is 12.4 Å². The maximum absolute atomic E-state index is 13.2. The molecule has 1 atom stereocenters.